The third-order valence-electron chi connectivity index (χ3n) is 3.29. The highest BCUT2D eigenvalue weighted by atomic mass is 14.9. The van der Waals surface area contributed by atoms with Crippen molar-refractivity contribution < 1.29 is 0 Å². The SMILES string of the molecule is CCC(NCc1ccnc(N)c1)c1ccc(C)cc1. The van der Waals surface area contributed by atoms with Crippen molar-refractivity contribution in [3.63, 3.8) is 0 Å². The molecule has 100 valence electrons. The topological polar surface area (TPSA) is 50.9 Å². The zero-order valence-electron chi connectivity index (χ0n) is 11.6. The summed E-state index contributed by atoms with van der Waals surface area (Å²) in [7, 11) is 0. The molecule has 0 radical (unpaired) electrons. The standard InChI is InChI=1S/C16H21N3/c1-3-15(14-6-4-12(2)5-7-14)19-11-13-8-9-18-16(17)10-13/h4-10,15,19H,3,11H2,1-2H3,(H2,17,18). The molecule has 19 heavy (non-hydrogen) atoms. The molecular formula is C16H21N3. The van der Waals surface area contributed by atoms with Crippen LogP contribution in [0.25, 0.3) is 0 Å². The molecule has 1 unspecified atom stereocenters. The zero-order chi connectivity index (χ0) is 13.7. The normalized spacial score (nSPS) is 12.3. The fourth-order valence-corrected chi connectivity index (χ4v) is 2.14. The Balaban J connectivity index is 2.01. The maximum absolute atomic E-state index is 5.69. The van der Waals surface area contributed by atoms with Gasteiger partial charge in [-0.15, -0.1) is 0 Å². The molecule has 1 heterocycles. The average Bonchev–Trinajstić information content (AvgIpc) is 2.41. The van der Waals surface area contributed by atoms with Gasteiger partial charge in [-0.2, -0.15) is 0 Å². The lowest BCUT2D eigenvalue weighted by Gasteiger charge is -2.18. The number of hydrogen-bond donors (Lipinski definition) is 2. The van der Waals surface area contributed by atoms with Gasteiger partial charge in [-0.3, -0.25) is 0 Å². The van der Waals surface area contributed by atoms with E-state index in [0.717, 1.165) is 18.5 Å². The van der Waals surface area contributed by atoms with Gasteiger partial charge in [-0.25, -0.2) is 4.98 Å². The van der Waals surface area contributed by atoms with Crippen LogP contribution in [0.4, 0.5) is 5.82 Å². The average molecular weight is 255 g/mol. The summed E-state index contributed by atoms with van der Waals surface area (Å²) in [6.07, 6.45) is 2.81. The number of pyridine rings is 1. The third kappa shape index (κ3) is 3.80. The van der Waals surface area contributed by atoms with E-state index in [2.05, 4.69) is 48.4 Å². The van der Waals surface area contributed by atoms with Crippen molar-refractivity contribution in [2.45, 2.75) is 32.9 Å². The Kier molecular flexibility index (Phi) is 4.53. The van der Waals surface area contributed by atoms with E-state index in [0.29, 0.717) is 11.9 Å². The maximum Gasteiger partial charge on any atom is 0.123 e. The Labute approximate surface area is 114 Å². The number of nitrogens with one attached hydrogen (secondary N) is 1. The number of benzene rings is 1. The van der Waals surface area contributed by atoms with Crippen molar-refractivity contribution in [2.75, 3.05) is 5.73 Å². The van der Waals surface area contributed by atoms with Gasteiger partial charge in [0.05, 0.1) is 0 Å². The number of anilines is 1. The van der Waals surface area contributed by atoms with Gasteiger partial charge in [0.1, 0.15) is 5.82 Å². The molecule has 1 atom stereocenters. The third-order valence-corrected chi connectivity index (χ3v) is 3.29. The molecule has 2 rings (SSSR count). The summed E-state index contributed by atoms with van der Waals surface area (Å²) in [5.41, 5.74) is 9.47. The van der Waals surface area contributed by atoms with E-state index in [4.69, 9.17) is 5.73 Å². The molecule has 0 fully saturated rings. The van der Waals surface area contributed by atoms with Crippen molar-refractivity contribution in [3.8, 4) is 0 Å². The number of aryl methyl sites for hydroxylation is 1. The molecular weight excluding hydrogens is 234 g/mol. The summed E-state index contributed by atoms with van der Waals surface area (Å²) in [5, 5.41) is 3.57. The highest BCUT2D eigenvalue weighted by Crippen LogP contribution is 2.18. The largest absolute Gasteiger partial charge is 0.384 e. The minimum Gasteiger partial charge on any atom is -0.384 e. The quantitative estimate of drug-likeness (QED) is 0.862. The van der Waals surface area contributed by atoms with E-state index in [9.17, 15) is 0 Å². The van der Waals surface area contributed by atoms with E-state index in [-0.39, 0.29) is 0 Å². The van der Waals surface area contributed by atoms with Crippen LogP contribution in [0, 0.1) is 6.92 Å². The second-order valence-corrected chi connectivity index (χ2v) is 4.84. The van der Waals surface area contributed by atoms with E-state index >= 15 is 0 Å². The van der Waals surface area contributed by atoms with Crippen molar-refractivity contribution in [2.24, 2.45) is 0 Å². The molecule has 2 aromatic rings. The van der Waals surface area contributed by atoms with Gasteiger partial charge in [-0.05, 0) is 36.6 Å². The lowest BCUT2D eigenvalue weighted by Crippen LogP contribution is -2.20. The van der Waals surface area contributed by atoms with Gasteiger partial charge >= 0.3 is 0 Å². The molecule has 0 spiro atoms. The van der Waals surface area contributed by atoms with Gasteiger partial charge in [0.15, 0.2) is 0 Å². The minimum absolute atomic E-state index is 0.370. The monoisotopic (exact) mass is 255 g/mol. The number of nitrogen functional groups attached to an aromatic ring is 1. The number of nitrogens with two attached hydrogens (primary N) is 1. The summed E-state index contributed by atoms with van der Waals surface area (Å²) in [6, 6.07) is 13.0. The van der Waals surface area contributed by atoms with E-state index < -0.39 is 0 Å². The lowest BCUT2D eigenvalue weighted by molar-refractivity contribution is 0.519. The predicted molar refractivity (Wildman–Crippen MR) is 79.7 cm³/mol. The summed E-state index contributed by atoms with van der Waals surface area (Å²) in [4.78, 5) is 4.00. The Hall–Kier alpha value is -1.87. The van der Waals surface area contributed by atoms with E-state index in [1.807, 2.05) is 12.1 Å². The highest BCUT2D eigenvalue weighted by Gasteiger charge is 2.08. The lowest BCUT2D eigenvalue weighted by atomic mass is 10.0. The van der Waals surface area contributed by atoms with E-state index in [1.54, 1.807) is 6.20 Å². The molecule has 0 saturated carbocycles. The van der Waals surface area contributed by atoms with Gasteiger partial charge in [-0.1, -0.05) is 36.8 Å². The van der Waals surface area contributed by atoms with Crippen LogP contribution >= 0.6 is 0 Å². The first kappa shape index (κ1) is 13.6. The molecule has 0 amide bonds. The Morgan fingerprint density at radius 1 is 1.21 bits per heavy atom. The first-order chi connectivity index (χ1) is 9.19. The fraction of sp³-hybridized carbons (Fsp3) is 0.312. The smallest absolute Gasteiger partial charge is 0.123 e. The van der Waals surface area contributed by atoms with Crippen molar-refractivity contribution >= 4 is 5.82 Å². The van der Waals surface area contributed by atoms with Crippen molar-refractivity contribution in [1.82, 2.24) is 10.3 Å². The van der Waals surface area contributed by atoms with Crippen LogP contribution in [0.5, 0.6) is 0 Å². The molecule has 0 aliphatic heterocycles. The minimum atomic E-state index is 0.370. The molecule has 3 N–H and O–H groups in total. The van der Waals surface area contributed by atoms with Crippen LogP contribution in [-0.2, 0) is 6.54 Å². The summed E-state index contributed by atoms with van der Waals surface area (Å²) >= 11 is 0. The Bertz CT molecular complexity index is 520. The van der Waals surface area contributed by atoms with Gasteiger partial charge in [0, 0.05) is 18.8 Å². The Morgan fingerprint density at radius 3 is 2.58 bits per heavy atom. The van der Waals surface area contributed by atoms with Crippen LogP contribution < -0.4 is 11.1 Å². The Morgan fingerprint density at radius 2 is 1.95 bits per heavy atom. The van der Waals surface area contributed by atoms with Crippen LogP contribution in [0.3, 0.4) is 0 Å². The first-order valence-electron chi connectivity index (χ1n) is 6.69. The molecule has 0 aliphatic carbocycles. The number of rotatable bonds is 5. The van der Waals surface area contributed by atoms with Crippen molar-refractivity contribution in [3.05, 3.63) is 59.3 Å². The summed E-state index contributed by atoms with van der Waals surface area (Å²) < 4.78 is 0. The molecule has 1 aromatic heterocycles. The van der Waals surface area contributed by atoms with Crippen molar-refractivity contribution in [1.29, 1.82) is 0 Å². The molecule has 1 aromatic carbocycles. The summed E-state index contributed by atoms with van der Waals surface area (Å²) in [6.45, 7) is 5.11. The van der Waals surface area contributed by atoms with Crippen LogP contribution in [0.2, 0.25) is 0 Å². The number of hydrogen-bond acceptors (Lipinski definition) is 3. The van der Waals surface area contributed by atoms with Crippen LogP contribution in [0.15, 0.2) is 42.6 Å². The summed E-state index contributed by atoms with van der Waals surface area (Å²) in [5.74, 6) is 0.572. The van der Waals surface area contributed by atoms with E-state index in [1.165, 1.54) is 11.1 Å². The molecule has 0 bridgehead atoms. The molecule has 3 heteroatoms. The molecule has 0 aliphatic rings. The first-order valence-corrected chi connectivity index (χ1v) is 6.69. The predicted octanol–water partition coefficient (Wildman–Crippen LogP) is 3.21. The zero-order valence-corrected chi connectivity index (χ0v) is 11.6. The second kappa shape index (κ2) is 6.34. The van der Waals surface area contributed by atoms with Crippen LogP contribution in [-0.4, -0.2) is 4.98 Å². The number of aromatic nitrogens is 1. The fourth-order valence-electron chi connectivity index (χ4n) is 2.14. The van der Waals surface area contributed by atoms with Gasteiger partial charge in [0.2, 0.25) is 0 Å². The second-order valence-electron chi connectivity index (χ2n) is 4.84. The van der Waals surface area contributed by atoms with Gasteiger partial charge < -0.3 is 11.1 Å². The highest BCUT2D eigenvalue weighted by molar-refractivity contribution is 5.32. The van der Waals surface area contributed by atoms with Crippen LogP contribution in [0.1, 0.15) is 36.1 Å². The maximum atomic E-state index is 5.69. The molecule has 0 saturated heterocycles. The number of nitrogens with zero attached hydrogens (tertiary/aromatic N) is 1. The van der Waals surface area contributed by atoms with Gasteiger partial charge in [0.25, 0.3) is 0 Å². The molecule has 3 nitrogen and oxygen atoms in total.